The van der Waals surface area contributed by atoms with E-state index in [9.17, 15) is 36.7 Å². The van der Waals surface area contributed by atoms with Crippen LogP contribution < -0.4 is 15.9 Å². The maximum Gasteiger partial charge on any atom is 0.253 e. The summed E-state index contributed by atoms with van der Waals surface area (Å²) in [4.78, 5) is 40.4. The van der Waals surface area contributed by atoms with E-state index in [4.69, 9.17) is 5.14 Å². The molecule has 250 valence electrons. The van der Waals surface area contributed by atoms with E-state index in [1.54, 1.807) is 11.8 Å². The lowest BCUT2D eigenvalue weighted by Crippen LogP contribution is -2.53. The van der Waals surface area contributed by atoms with Crippen LogP contribution in [0.4, 0.5) is 8.78 Å². The molecule has 0 radical (unpaired) electrons. The van der Waals surface area contributed by atoms with Gasteiger partial charge in [-0.15, -0.1) is 0 Å². The first-order valence-electron chi connectivity index (χ1n) is 15.0. The van der Waals surface area contributed by atoms with E-state index in [-0.39, 0.29) is 47.9 Å². The number of nitrogens with zero attached hydrogens (tertiary/aromatic N) is 2. The third kappa shape index (κ3) is 12.1. The fourth-order valence-corrected chi connectivity index (χ4v) is 5.36. The lowest BCUT2D eigenvalue weighted by atomic mass is 9.99. The number of carbonyl (C=O) groups is 3. The molecule has 0 heterocycles. The normalized spacial score (nSPS) is 13.0. The molecule has 2 atom stereocenters. The van der Waals surface area contributed by atoms with Gasteiger partial charge in [0.2, 0.25) is 15.9 Å². The summed E-state index contributed by atoms with van der Waals surface area (Å²) in [7, 11) is -4.34. The number of nitrogens with one attached hydrogen (secondary N) is 2. The number of nitrogens with two attached hydrogens (primary N) is 1. The standard InChI is InChI=1S/C31H45F2N5O6S/c1-6-9-37(10-7-2)31(42)23-15-22(16-26(17-23)45(34,43)44)30(41)35-27(14-21-12-24(32)18-25(33)13-21)28(39)19-38(8-3)36-29(40)11-20(4)5/h12-13,15-18,20,27-28,39H,6-11,14,19H2,1-5H3,(H,35,41)(H,36,40)(H2,34,43,44). The SMILES string of the molecule is CCCN(CCC)C(=O)c1cc(C(=O)NC(Cc2cc(F)cc(F)c2)C(O)CN(CC)NC(=O)CC(C)C)cc(S(N)(=O)=O)c1. The van der Waals surface area contributed by atoms with Crippen LogP contribution in [-0.4, -0.2) is 79.5 Å². The summed E-state index contributed by atoms with van der Waals surface area (Å²) in [6.45, 7) is 10.2. The number of sulfonamides is 1. The maximum atomic E-state index is 14.0. The molecule has 2 unspecified atom stereocenters. The molecule has 0 fully saturated rings. The zero-order valence-corrected chi connectivity index (χ0v) is 27.3. The minimum absolute atomic E-state index is 0.0668. The molecule has 14 heteroatoms. The lowest BCUT2D eigenvalue weighted by Gasteiger charge is -2.30. The third-order valence-electron chi connectivity index (χ3n) is 6.84. The van der Waals surface area contributed by atoms with Crippen molar-refractivity contribution in [1.82, 2.24) is 20.7 Å². The Balaban J connectivity index is 2.48. The summed E-state index contributed by atoms with van der Waals surface area (Å²) < 4.78 is 52.7. The fourth-order valence-electron chi connectivity index (χ4n) is 4.77. The van der Waals surface area contributed by atoms with Crippen molar-refractivity contribution in [3.8, 4) is 0 Å². The molecule has 2 rings (SSSR count). The second-order valence-corrected chi connectivity index (χ2v) is 12.9. The van der Waals surface area contributed by atoms with E-state index in [0.29, 0.717) is 38.5 Å². The molecule has 0 spiro atoms. The molecule has 5 N–H and O–H groups in total. The Morgan fingerprint density at radius 2 is 1.51 bits per heavy atom. The first-order valence-corrected chi connectivity index (χ1v) is 16.6. The number of benzene rings is 2. The van der Waals surface area contributed by atoms with E-state index in [0.717, 1.165) is 24.3 Å². The molecule has 45 heavy (non-hydrogen) atoms. The highest BCUT2D eigenvalue weighted by molar-refractivity contribution is 7.89. The summed E-state index contributed by atoms with van der Waals surface area (Å²) in [6, 6.07) is 5.00. The average Bonchev–Trinajstić information content (AvgIpc) is 2.94. The Hall–Kier alpha value is -3.46. The first kappa shape index (κ1) is 37.7. The molecule has 0 saturated carbocycles. The zero-order chi connectivity index (χ0) is 33.9. The Morgan fingerprint density at radius 3 is 2.02 bits per heavy atom. The van der Waals surface area contributed by atoms with E-state index in [1.807, 2.05) is 27.7 Å². The van der Waals surface area contributed by atoms with Crippen molar-refractivity contribution in [1.29, 1.82) is 0 Å². The monoisotopic (exact) mass is 653 g/mol. The number of carbonyl (C=O) groups excluding carboxylic acids is 3. The van der Waals surface area contributed by atoms with Crippen LogP contribution in [0.5, 0.6) is 0 Å². The molecule has 0 aliphatic carbocycles. The Bertz CT molecular complexity index is 1410. The molecule has 0 bridgehead atoms. The number of hydrogen-bond acceptors (Lipinski definition) is 7. The largest absolute Gasteiger partial charge is 0.390 e. The number of hydrogen-bond donors (Lipinski definition) is 4. The number of hydrazine groups is 1. The van der Waals surface area contributed by atoms with E-state index in [1.165, 1.54) is 11.1 Å². The van der Waals surface area contributed by atoms with Gasteiger partial charge in [-0.2, -0.15) is 0 Å². The van der Waals surface area contributed by atoms with Crippen molar-refractivity contribution in [2.24, 2.45) is 11.1 Å². The highest BCUT2D eigenvalue weighted by Gasteiger charge is 2.27. The number of halogens is 2. The maximum absolute atomic E-state index is 14.0. The summed E-state index contributed by atoms with van der Waals surface area (Å²) in [5.41, 5.74) is 2.55. The fraction of sp³-hybridized carbons (Fsp3) is 0.516. The molecule has 2 aromatic rings. The van der Waals surface area contributed by atoms with Crippen LogP contribution in [0, 0.1) is 17.6 Å². The minimum atomic E-state index is -4.34. The molecule has 2 aromatic carbocycles. The van der Waals surface area contributed by atoms with Crippen LogP contribution in [0.1, 0.15) is 80.2 Å². The molecular weight excluding hydrogens is 608 g/mol. The second-order valence-electron chi connectivity index (χ2n) is 11.4. The summed E-state index contributed by atoms with van der Waals surface area (Å²) in [6.07, 6.45) is -0.0424. The van der Waals surface area contributed by atoms with Gasteiger partial charge in [-0.05, 0) is 61.1 Å². The Labute approximate surface area is 264 Å². The number of aliphatic hydroxyl groups is 1. The van der Waals surface area contributed by atoms with Crippen LogP contribution >= 0.6 is 0 Å². The predicted octanol–water partition coefficient (Wildman–Crippen LogP) is 2.98. The van der Waals surface area contributed by atoms with Crippen LogP contribution in [0.25, 0.3) is 0 Å². The molecular formula is C31H45F2N5O6S. The Kier molecular flexibility index (Phi) is 14.5. The van der Waals surface area contributed by atoms with Crippen LogP contribution in [0.2, 0.25) is 0 Å². The van der Waals surface area contributed by atoms with Gasteiger partial charge in [-0.1, -0.05) is 34.6 Å². The first-order chi connectivity index (χ1) is 21.1. The summed E-state index contributed by atoms with van der Waals surface area (Å²) >= 11 is 0. The molecule has 0 aliphatic rings. The lowest BCUT2D eigenvalue weighted by molar-refractivity contribution is -0.127. The highest BCUT2D eigenvalue weighted by atomic mass is 32.2. The molecule has 11 nitrogen and oxygen atoms in total. The number of likely N-dealkylation sites (N-methyl/N-ethyl adjacent to an activating group) is 1. The van der Waals surface area contributed by atoms with Crippen molar-refractivity contribution in [2.45, 2.75) is 77.3 Å². The predicted molar refractivity (Wildman–Crippen MR) is 166 cm³/mol. The van der Waals surface area contributed by atoms with Gasteiger partial charge in [-0.25, -0.2) is 27.3 Å². The summed E-state index contributed by atoms with van der Waals surface area (Å²) in [5.74, 6) is -3.24. The third-order valence-corrected chi connectivity index (χ3v) is 7.74. The zero-order valence-electron chi connectivity index (χ0n) is 26.5. The smallest absolute Gasteiger partial charge is 0.253 e. The van der Waals surface area contributed by atoms with Crippen molar-refractivity contribution in [3.05, 3.63) is 64.7 Å². The van der Waals surface area contributed by atoms with E-state index in [2.05, 4.69) is 10.7 Å². The van der Waals surface area contributed by atoms with Crippen molar-refractivity contribution >= 4 is 27.7 Å². The number of amides is 3. The van der Waals surface area contributed by atoms with Gasteiger partial charge in [0, 0.05) is 49.8 Å². The quantitative estimate of drug-likeness (QED) is 0.191. The average molecular weight is 654 g/mol. The molecule has 0 aliphatic heterocycles. The van der Waals surface area contributed by atoms with Gasteiger partial charge in [0.15, 0.2) is 0 Å². The van der Waals surface area contributed by atoms with Gasteiger partial charge < -0.3 is 15.3 Å². The van der Waals surface area contributed by atoms with Gasteiger partial charge >= 0.3 is 0 Å². The number of rotatable bonds is 17. The van der Waals surface area contributed by atoms with Gasteiger partial charge in [0.05, 0.1) is 17.0 Å². The van der Waals surface area contributed by atoms with Gasteiger partial charge in [-0.3, -0.25) is 19.8 Å². The second kappa shape index (κ2) is 17.3. The molecule has 0 saturated heterocycles. The van der Waals surface area contributed by atoms with Crippen molar-refractivity contribution in [2.75, 3.05) is 26.2 Å². The molecule has 3 amide bonds. The Morgan fingerprint density at radius 1 is 0.933 bits per heavy atom. The topological polar surface area (TPSA) is 162 Å². The number of primary sulfonamides is 1. The number of aliphatic hydroxyl groups excluding tert-OH is 1. The molecule has 0 aromatic heterocycles. The van der Waals surface area contributed by atoms with Gasteiger partial charge in [0.25, 0.3) is 11.8 Å². The van der Waals surface area contributed by atoms with Crippen LogP contribution in [0.15, 0.2) is 41.3 Å². The van der Waals surface area contributed by atoms with Crippen LogP contribution in [-0.2, 0) is 21.2 Å². The van der Waals surface area contributed by atoms with E-state index >= 15 is 0 Å². The van der Waals surface area contributed by atoms with Crippen molar-refractivity contribution in [3.63, 3.8) is 0 Å². The minimum Gasteiger partial charge on any atom is -0.390 e. The van der Waals surface area contributed by atoms with Crippen LogP contribution in [0.3, 0.4) is 0 Å². The summed E-state index contributed by atoms with van der Waals surface area (Å²) in [5, 5.41) is 20.7. The van der Waals surface area contributed by atoms with Gasteiger partial charge in [0.1, 0.15) is 11.6 Å². The van der Waals surface area contributed by atoms with E-state index < -0.39 is 50.5 Å². The van der Waals surface area contributed by atoms with Crippen molar-refractivity contribution < 1.29 is 36.7 Å². The highest BCUT2D eigenvalue weighted by Crippen LogP contribution is 2.19.